The summed E-state index contributed by atoms with van der Waals surface area (Å²) in [5.74, 6) is -0.923. The molecule has 1 aromatic rings. The van der Waals surface area contributed by atoms with E-state index in [1.807, 2.05) is 13.8 Å². The van der Waals surface area contributed by atoms with Crippen molar-refractivity contribution >= 4 is 11.9 Å². The lowest BCUT2D eigenvalue weighted by molar-refractivity contribution is -0.144. The molecule has 0 aliphatic rings. The second kappa shape index (κ2) is 6.88. The minimum atomic E-state index is -0.699. The van der Waals surface area contributed by atoms with Crippen LogP contribution in [0.25, 0.3) is 0 Å². The van der Waals surface area contributed by atoms with Crippen LogP contribution >= 0.6 is 0 Å². The largest absolute Gasteiger partial charge is 0.467 e. The molecule has 6 nitrogen and oxygen atoms in total. The summed E-state index contributed by atoms with van der Waals surface area (Å²) in [5, 5.41) is 2.65. The van der Waals surface area contributed by atoms with Crippen LogP contribution in [0.15, 0.2) is 23.1 Å². The molecule has 6 heteroatoms. The van der Waals surface area contributed by atoms with Gasteiger partial charge in [0.25, 0.3) is 5.91 Å². The van der Waals surface area contributed by atoms with E-state index in [0.29, 0.717) is 5.56 Å². The third-order valence-electron chi connectivity index (χ3n) is 3.30. The average Bonchev–Trinajstić information content (AvgIpc) is 2.45. The number of aromatic nitrogens is 1. The normalized spacial score (nSPS) is 13.4. The Morgan fingerprint density at radius 2 is 2.05 bits per heavy atom. The molecule has 0 aliphatic carbocycles. The molecule has 0 aromatic carbocycles. The van der Waals surface area contributed by atoms with E-state index in [-0.39, 0.29) is 11.5 Å². The number of methoxy groups -OCH3 is 1. The summed E-state index contributed by atoms with van der Waals surface area (Å²) in [6.07, 6.45) is 2.16. The summed E-state index contributed by atoms with van der Waals surface area (Å²) >= 11 is 0. The van der Waals surface area contributed by atoms with Gasteiger partial charge in [-0.1, -0.05) is 20.3 Å². The summed E-state index contributed by atoms with van der Waals surface area (Å²) in [6, 6.07) is 2.04. The van der Waals surface area contributed by atoms with Gasteiger partial charge in [-0.25, -0.2) is 4.79 Å². The van der Waals surface area contributed by atoms with Crippen LogP contribution < -0.4 is 10.9 Å². The monoisotopic (exact) mass is 280 g/mol. The number of ether oxygens (including phenoxy) is 1. The summed E-state index contributed by atoms with van der Waals surface area (Å²) in [5.41, 5.74) is 0.123. The fourth-order valence-electron chi connectivity index (χ4n) is 1.75. The number of aryl methyl sites for hydroxylation is 1. The lowest BCUT2D eigenvalue weighted by Gasteiger charge is -2.21. The van der Waals surface area contributed by atoms with Crippen molar-refractivity contribution in [3.8, 4) is 0 Å². The number of carbonyl (C=O) groups excluding carboxylic acids is 2. The van der Waals surface area contributed by atoms with Gasteiger partial charge >= 0.3 is 5.97 Å². The molecule has 0 radical (unpaired) electrons. The molecule has 0 bridgehead atoms. The van der Waals surface area contributed by atoms with Gasteiger partial charge in [-0.15, -0.1) is 0 Å². The van der Waals surface area contributed by atoms with Crippen LogP contribution in [0.5, 0.6) is 0 Å². The third kappa shape index (κ3) is 3.69. The summed E-state index contributed by atoms with van der Waals surface area (Å²) in [4.78, 5) is 35.1. The van der Waals surface area contributed by atoms with E-state index in [0.717, 1.165) is 6.42 Å². The number of nitrogens with one attached hydrogen (secondary N) is 1. The van der Waals surface area contributed by atoms with Gasteiger partial charge in [0.05, 0.1) is 12.7 Å². The first-order valence-corrected chi connectivity index (χ1v) is 6.46. The number of hydrogen-bond acceptors (Lipinski definition) is 4. The molecule has 0 aliphatic heterocycles. The molecule has 2 atom stereocenters. The molecule has 110 valence electrons. The summed E-state index contributed by atoms with van der Waals surface area (Å²) in [7, 11) is 2.85. The Morgan fingerprint density at radius 1 is 1.40 bits per heavy atom. The van der Waals surface area contributed by atoms with Crippen molar-refractivity contribution in [1.29, 1.82) is 0 Å². The average molecular weight is 280 g/mol. The van der Waals surface area contributed by atoms with Crippen LogP contribution in [0, 0.1) is 5.92 Å². The highest BCUT2D eigenvalue weighted by molar-refractivity contribution is 5.96. The lowest BCUT2D eigenvalue weighted by Crippen LogP contribution is -2.45. The van der Waals surface area contributed by atoms with Crippen molar-refractivity contribution in [2.24, 2.45) is 13.0 Å². The van der Waals surface area contributed by atoms with Crippen LogP contribution in [0.2, 0.25) is 0 Å². The molecule has 0 saturated heterocycles. The van der Waals surface area contributed by atoms with E-state index in [4.69, 9.17) is 4.74 Å². The zero-order chi connectivity index (χ0) is 15.3. The molecule has 0 saturated carbocycles. The SMILES string of the molecule is CCC(C)C(NC(=O)c1ccc(=O)n(C)c1)C(=O)OC. The number of rotatable bonds is 5. The molecule has 1 aromatic heterocycles. The summed E-state index contributed by atoms with van der Waals surface area (Å²) < 4.78 is 6.02. The number of amides is 1. The fourth-order valence-corrected chi connectivity index (χ4v) is 1.75. The Hall–Kier alpha value is -2.11. The Bertz CT molecular complexity index is 550. The van der Waals surface area contributed by atoms with Crippen molar-refractivity contribution in [2.75, 3.05) is 7.11 Å². The van der Waals surface area contributed by atoms with Crippen molar-refractivity contribution in [1.82, 2.24) is 9.88 Å². The number of hydrogen-bond donors (Lipinski definition) is 1. The molecule has 20 heavy (non-hydrogen) atoms. The molecule has 1 heterocycles. The van der Waals surface area contributed by atoms with Crippen molar-refractivity contribution in [2.45, 2.75) is 26.3 Å². The number of carbonyl (C=O) groups is 2. The molecule has 1 amide bonds. The molecule has 2 unspecified atom stereocenters. The van der Waals surface area contributed by atoms with Crippen molar-refractivity contribution in [3.05, 3.63) is 34.2 Å². The first-order valence-electron chi connectivity index (χ1n) is 6.46. The van der Waals surface area contributed by atoms with Gasteiger partial charge in [-0.05, 0) is 12.0 Å². The smallest absolute Gasteiger partial charge is 0.328 e. The predicted molar refractivity (Wildman–Crippen MR) is 74.4 cm³/mol. The highest BCUT2D eigenvalue weighted by atomic mass is 16.5. The van der Waals surface area contributed by atoms with Crippen LogP contribution in [0.1, 0.15) is 30.6 Å². The highest BCUT2D eigenvalue weighted by Crippen LogP contribution is 2.10. The maximum Gasteiger partial charge on any atom is 0.328 e. The zero-order valence-electron chi connectivity index (χ0n) is 12.2. The highest BCUT2D eigenvalue weighted by Gasteiger charge is 2.27. The van der Waals surface area contributed by atoms with Gasteiger partial charge in [0, 0.05) is 19.3 Å². The van der Waals surface area contributed by atoms with Gasteiger partial charge in [0.15, 0.2) is 0 Å². The van der Waals surface area contributed by atoms with E-state index in [2.05, 4.69) is 5.32 Å². The number of nitrogens with zero attached hydrogens (tertiary/aromatic N) is 1. The topological polar surface area (TPSA) is 77.4 Å². The molecular weight excluding hydrogens is 260 g/mol. The van der Waals surface area contributed by atoms with Crippen LogP contribution in [0.3, 0.4) is 0 Å². The maximum absolute atomic E-state index is 12.1. The van der Waals surface area contributed by atoms with Gasteiger partial charge < -0.3 is 14.6 Å². The maximum atomic E-state index is 12.1. The number of esters is 1. The Labute approximate surface area is 117 Å². The van der Waals surface area contributed by atoms with Gasteiger partial charge in [0.1, 0.15) is 6.04 Å². The molecule has 0 spiro atoms. The van der Waals surface area contributed by atoms with E-state index in [9.17, 15) is 14.4 Å². The van der Waals surface area contributed by atoms with Crippen molar-refractivity contribution in [3.63, 3.8) is 0 Å². The second-order valence-electron chi connectivity index (χ2n) is 4.73. The predicted octanol–water partition coefficient (Wildman–Crippen LogP) is 0.703. The van der Waals surface area contributed by atoms with Gasteiger partial charge in [-0.2, -0.15) is 0 Å². The van der Waals surface area contributed by atoms with E-state index in [1.165, 1.54) is 30.0 Å². The quantitative estimate of drug-likeness (QED) is 0.806. The number of pyridine rings is 1. The van der Waals surface area contributed by atoms with Crippen LogP contribution in [0.4, 0.5) is 0 Å². The van der Waals surface area contributed by atoms with E-state index >= 15 is 0 Å². The van der Waals surface area contributed by atoms with Gasteiger partial charge in [-0.3, -0.25) is 9.59 Å². The second-order valence-corrected chi connectivity index (χ2v) is 4.73. The minimum Gasteiger partial charge on any atom is -0.467 e. The lowest BCUT2D eigenvalue weighted by atomic mass is 9.99. The Morgan fingerprint density at radius 3 is 2.55 bits per heavy atom. The Balaban J connectivity index is 2.92. The standard InChI is InChI=1S/C14H20N2O4/c1-5-9(2)12(14(19)20-4)15-13(18)10-6-7-11(17)16(3)8-10/h6-9,12H,5H2,1-4H3,(H,15,18). The molecule has 1 rings (SSSR count). The zero-order valence-corrected chi connectivity index (χ0v) is 12.2. The third-order valence-corrected chi connectivity index (χ3v) is 3.30. The van der Waals surface area contributed by atoms with Gasteiger partial charge in [0.2, 0.25) is 5.56 Å². The van der Waals surface area contributed by atoms with E-state index < -0.39 is 17.9 Å². The first kappa shape index (κ1) is 15.9. The molecule has 1 N–H and O–H groups in total. The first-order chi connectivity index (χ1) is 9.40. The molecular formula is C14H20N2O4. The van der Waals surface area contributed by atoms with Crippen LogP contribution in [-0.2, 0) is 16.6 Å². The fraction of sp³-hybridized carbons (Fsp3) is 0.500. The van der Waals surface area contributed by atoms with Crippen molar-refractivity contribution < 1.29 is 14.3 Å². The van der Waals surface area contributed by atoms with E-state index in [1.54, 1.807) is 7.05 Å². The Kier molecular flexibility index (Phi) is 5.49. The van der Waals surface area contributed by atoms with Crippen LogP contribution in [-0.4, -0.2) is 29.6 Å². The minimum absolute atomic E-state index is 0.0427. The summed E-state index contributed by atoms with van der Waals surface area (Å²) in [6.45, 7) is 3.79. The molecule has 0 fully saturated rings.